The fourth-order valence-electron chi connectivity index (χ4n) is 1.42. The first-order valence-corrected chi connectivity index (χ1v) is 6.77. The Morgan fingerprint density at radius 3 is 2.35 bits per heavy atom. The van der Waals surface area contributed by atoms with Crippen molar-refractivity contribution in [2.45, 2.75) is 72.8 Å². The Hall–Kier alpha value is -0.790. The molecule has 0 saturated heterocycles. The molecule has 0 aliphatic rings. The summed E-state index contributed by atoms with van der Waals surface area (Å²) in [5.41, 5.74) is -0.393. The molecule has 0 aromatic heterocycles. The van der Waals surface area contributed by atoms with Crippen molar-refractivity contribution in [3.8, 4) is 0 Å². The van der Waals surface area contributed by atoms with Crippen LogP contribution in [-0.2, 0) is 9.53 Å². The van der Waals surface area contributed by atoms with Crippen molar-refractivity contribution in [3.63, 3.8) is 0 Å². The zero-order valence-electron chi connectivity index (χ0n) is 12.1. The number of allylic oxidation sites excluding steroid dienone is 2. The van der Waals surface area contributed by atoms with Gasteiger partial charge in [-0.3, -0.25) is 4.79 Å². The van der Waals surface area contributed by atoms with E-state index in [1.165, 1.54) is 0 Å². The Balaban J connectivity index is 3.92. The van der Waals surface area contributed by atoms with E-state index < -0.39 is 5.41 Å². The number of carbonyl (C=O) groups excluding carboxylic acids is 1. The van der Waals surface area contributed by atoms with Crippen LogP contribution in [0, 0.1) is 5.41 Å². The van der Waals surface area contributed by atoms with Gasteiger partial charge in [0.2, 0.25) is 0 Å². The summed E-state index contributed by atoms with van der Waals surface area (Å²) in [6, 6.07) is 0. The van der Waals surface area contributed by atoms with Crippen LogP contribution < -0.4 is 0 Å². The number of ether oxygens (including phenoxy) is 1. The van der Waals surface area contributed by atoms with Gasteiger partial charge in [0.1, 0.15) is 6.10 Å². The molecule has 0 heterocycles. The summed E-state index contributed by atoms with van der Waals surface area (Å²) in [4.78, 5) is 11.7. The average molecular weight is 240 g/mol. The predicted octanol–water partition coefficient (Wildman–Crippen LogP) is 4.49. The van der Waals surface area contributed by atoms with E-state index >= 15 is 0 Å². The Morgan fingerprint density at radius 1 is 1.24 bits per heavy atom. The highest BCUT2D eigenvalue weighted by Gasteiger charge is 2.25. The van der Waals surface area contributed by atoms with Crippen molar-refractivity contribution in [1.82, 2.24) is 0 Å². The molecule has 0 rings (SSSR count). The molecule has 0 fully saturated rings. The van der Waals surface area contributed by atoms with Gasteiger partial charge in [0.15, 0.2) is 0 Å². The van der Waals surface area contributed by atoms with E-state index in [2.05, 4.69) is 26.0 Å². The van der Waals surface area contributed by atoms with E-state index in [-0.39, 0.29) is 12.1 Å². The predicted molar refractivity (Wildman–Crippen MR) is 72.9 cm³/mol. The van der Waals surface area contributed by atoms with Crippen LogP contribution in [0.25, 0.3) is 0 Å². The molecule has 0 bridgehead atoms. The van der Waals surface area contributed by atoms with Crippen molar-refractivity contribution in [3.05, 3.63) is 12.2 Å². The molecule has 0 spiro atoms. The molecule has 100 valence electrons. The Bertz CT molecular complexity index is 236. The molecular weight excluding hydrogens is 212 g/mol. The Kier molecular flexibility index (Phi) is 7.94. The molecule has 1 unspecified atom stereocenters. The highest BCUT2D eigenvalue weighted by molar-refractivity contribution is 5.75. The summed E-state index contributed by atoms with van der Waals surface area (Å²) in [5.74, 6) is -0.0894. The van der Waals surface area contributed by atoms with Crippen molar-refractivity contribution in [1.29, 1.82) is 0 Å². The van der Waals surface area contributed by atoms with Gasteiger partial charge in [0, 0.05) is 0 Å². The highest BCUT2D eigenvalue weighted by Crippen LogP contribution is 2.19. The molecule has 0 aliphatic heterocycles. The lowest BCUT2D eigenvalue weighted by Crippen LogP contribution is -2.28. The zero-order valence-corrected chi connectivity index (χ0v) is 12.1. The zero-order chi connectivity index (χ0) is 13.3. The van der Waals surface area contributed by atoms with Crippen LogP contribution in [-0.4, -0.2) is 12.1 Å². The van der Waals surface area contributed by atoms with Gasteiger partial charge in [-0.15, -0.1) is 0 Å². The largest absolute Gasteiger partial charge is 0.462 e. The molecule has 1 atom stereocenters. The molecule has 2 nitrogen and oxygen atoms in total. The lowest BCUT2D eigenvalue weighted by Gasteiger charge is -2.22. The molecule has 2 heteroatoms. The van der Waals surface area contributed by atoms with E-state index in [0.29, 0.717) is 0 Å². The number of carbonyl (C=O) groups is 1. The third-order valence-electron chi connectivity index (χ3n) is 2.64. The minimum atomic E-state index is -0.393. The lowest BCUT2D eigenvalue weighted by molar-refractivity contribution is -0.159. The molecule has 0 N–H and O–H groups in total. The second-order valence-corrected chi connectivity index (χ2v) is 5.50. The van der Waals surface area contributed by atoms with E-state index in [9.17, 15) is 4.79 Å². The molecule has 0 radical (unpaired) electrons. The number of rotatable bonds is 7. The van der Waals surface area contributed by atoms with Crippen LogP contribution in [0.3, 0.4) is 0 Å². The third kappa shape index (κ3) is 8.00. The topological polar surface area (TPSA) is 26.3 Å². The van der Waals surface area contributed by atoms with E-state index in [1.54, 1.807) is 0 Å². The second kappa shape index (κ2) is 8.32. The molecule has 0 aromatic rings. The number of hydrogen-bond acceptors (Lipinski definition) is 2. The van der Waals surface area contributed by atoms with Gasteiger partial charge < -0.3 is 4.74 Å². The monoisotopic (exact) mass is 240 g/mol. The lowest BCUT2D eigenvalue weighted by atomic mass is 9.97. The fraction of sp³-hybridized carbons (Fsp3) is 0.800. The SMILES string of the molecule is CCC=CCCCC(CC)OC(=O)C(C)(C)C. The standard InChI is InChI=1S/C15H28O2/c1-6-8-9-10-11-12-13(7-2)17-14(16)15(3,4)5/h8-9,13H,6-7,10-12H2,1-5H3. The van der Waals surface area contributed by atoms with Crippen LogP contribution >= 0.6 is 0 Å². The highest BCUT2D eigenvalue weighted by atomic mass is 16.5. The Morgan fingerprint density at radius 2 is 1.88 bits per heavy atom. The minimum absolute atomic E-state index is 0.0803. The summed E-state index contributed by atoms with van der Waals surface area (Å²) in [5, 5.41) is 0. The third-order valence-corrected chi connectivity index (χ3v) is 2.64. The normalized spacial score (nSPS) is 13.9. The number of esters is 1. The minimum Gasteiger partial charge on any atom is -0.462 e. The smallest absolute Gasteiger partial charge is 0.311 e. The van der Waals surface area contributed by atoms with E-state index in [4.69, 9.17) is 4.74 Å². The van der Waals surface area contributed by atoms with Gasteiger partial charge in [-0.25, -0.2) is 0 Å². The first kappa shape index (κ1) is 16.2. The fourth-order valence-corrected chi connectivity index (χ4v) is 1.42. The quantitative estimate of drug-likeness (QED) is 0.372. The van der Waals surface area contributed by atoms with Crippen molar-refractivity contribution in [2.75, 3.05) is 0 Å². The van der Waals surface area contributed by atoms with Gasteiger partial charge in [0.25, 0.3) is 0 Å². The number of hydrogen-bond donors (Lipinski definition) is 0. The van der Waals surface area contributed by atoms with Crippen molar-refractivity contribution >= 4 is 5.97 Å². The maximum absolute atomic E-state index is 11.7. The molecular formula is C15H28O2. The summed E-state index contributed by atoms with van der Waals surface area (Å²) in [6.07, 6.45) is 9.60. The van der Waals surface area contributed by atoms with Gasteiger partial charge >= 0.3 is 5.97 Å². The van der Waals surface area contributed by atoms with Gasteiger partial charge in [0.05, 0.1) is 5.41 Å². The second-order valence-electron chi connectivity index (χ2n) is 5.50. The molecule has 0 aliphatic carbocycles. The van der Waals surface area contributed by atoms with Gasteiger partial charge in [-0.1, -0.05) is 26.0 Å². The van der Waals surface area contributed by atoms with Crippen LogP contribution in [0.15, 0.2) is 12.2 Å². The number of unbranched alkanes of at least 4 members (excludes halogenated alkanes) is 1. The summed E-state index contributed by atoms with van der Waals surface area (Å²) >= 11 is 0. The average Bonchev–Trinajstić information content (AvgIpc) is 2.25. The molecule has 0 aromatic carbocycles. The van der Waals surface area contributed by atoms with Gasteiger partial charge in [-0.2, -0.15) is 0 Å². The van der Waals surface area contributed by atoms with E-state index in [0.717, 1.165) is 32.1 Å². The van der Waals surface area contributed by atoms with Crippen molar-refractivity contribution in [2.24, 2.45) is 5.41 Å². The van der Waals surface area contributed by atoms with Crippen molar-refractivity contribution < 1.29 is 9.53 Å². The van der Waals surface area contributed by atoms with E-state index in [1.807, 2.05) is 20.8 Å². The molecule has 17 heavy (non-hydrogen) atoms. The summed E-state index contributed by atoms with van der Waals surface area (Å²) < 4.78 is 5.51. The Labute approximate surface area is 106 Å². The van der Waals surface area contributed by atoms with Crippen LogP contribution in [0.4, 0.5) is 0 Å². The maximum Gasteiger partial charge on any atom is 0.311 e. The first-order chi connectivity index (χ1) is 7.91. The molecule has 0 amide bonds. The summed E-state index contributed by atoms with van der Waals surface area (Å²) in [6.45, 7) is 9.89. The maximum atomic E-state index is 11.7. The van der Waals surface area contributed by atoms with Crippen LogP contribution in [0.2, 0.25) is 0 Å². The van der Waals surface area contributed by atoms with Gasteiger partial charge in [-0.05, 0) is 52.9 Å². The molecule has 0 saturated carbocycles. The first-order valence-electron chi connectivity index (χ1n) is 6.77. The van der Waals surface area contributed by atoms with Crippen LogP contribution in [0.5, 0.6) is 0 Å². The summed E-state index contributed by atoms with van der Waals surface area (Å²) in [7, 11) is 0. The van der Waals surface area contributed by atoms with Crippen LogP contribution in [0.1, 0.15) is 66.7 Å².